The van der Waals surface area contributed by atoms with E-state index in [1.165, 1.54) is 6.92 Å². The SMILES string of the molecule is CCOC(=O)c1ccccc1NC(=O)CCN(CC1CCCO1)C(C)=O. The largest absolute Gasteiger partial charge is 0.462 e. The molecule has 0 bridgehead atoms. The van der Waals surface area contributed by atoms with Crippen molar-refractivity contribution < 1.29 is 23.9 Å². The van der Waals surface area contributed by atoms with E-state index in [9.17, 15) is 14.4 Å². The number of hydrogen-bond acceptors (Lipinski definition) is 5. The summed E-state index contributed by atoms with van der Waals surface area (Å²) >= 11 is 0. The van der Waals surface area contributed by atoms with Gasteiger partial charge in [-0.05, 0) is 31.9 Å². The molecule has 0 saturated carbocycles. The Hall–Kier alpha value is -2.41. The zero-order chi connectivity index (χ0) is 18.9. The van der Waals surface area contributed by atoms with Crippen LogP contribution in [0.15, 0.2) is 24.3 Å². The van der Waals surface area contributed by atoms with Crippen LogP contribution < -0.4 is 5.32 Å². The van der Waals surface area contributed by atoms with Crippen LogP contribution in [0.25, 0.3) is 0 Å². The molecule has 142 valence electrons. The van der Waals surface area contributed by atoms with Crippen LogP contribution in [0, 0.1) is 0 Å². The molecule has 1 aliphatic rings. The van der Waals surface area contributed by atoms with Crippen molar-refractivity contribution in [2.24, 2.45) is 0 Å². The Labute approximate surface area is 153 Å². The van der Waals surface area contributed by atoms with Gasteiger partial charge in [0.05, 0.1) is 24.0 Å². The molecule has 1 fully saturated rings. The van der Waals surface area contributed by atoms with E-state index < -0.39 is 5.97 Å². The van der Waals surface area contributed by atoms with E-state index in [1.54, 1.807) is 36.1 Å². The van der Waals surface area contributed by atoms with E-state index in [4.69, 9.17) is 9.47 Å². The normalized spacial score (nSPS) is 16.2. The van der Waals surface area contributed by atoms with Gasteiger partial charge in [-0.25, -0.2) is 4.79 Å². The van der Waals surface area contributed by atoms with E-state index >= 15 is 0 Å². The number of hydrogen-bond donors (Lipinski definition) is 1. The molecule has 1 aromatic carbocycles. The molecule has 2 amide bonds. The molecule has 0 radical (unpaired) electrons. The molecule has 1 saturated heterocycles. The molecule has 1 atom stereocenters. The molecule has 1 aliphatic heterocycles. The van der Waals surface area contributed by atoms with E-state index in [1.807, 2.05) is 0 Å². The fraction of sp³-hybridized carbons (Fsp3) is 0.526. The lowest BCUT2D eigenvalue weighted by Crippen LogP contribution is -2.37. The Morgan fingerprint density at radius 1 is 1.31 bits per heavy atom. The maximum Gasteiger partial charge on any atom is 0.340 e. The quantitative estimate of drug-likeness (QED) is 0.717. The zero-order valence-electron chi connectivity index (χ0n) is 15.3. The summed E-state index contributed by atoms with van der Waals surface area (Å²) in [6.07, 6.45) is 2.12. The predicted molar refractivity (Wildman–Crippen MR) is 96.9 cm³/mol. The monoisotopic (exact) mass is 362 g/mol. The highest BCUT2D eigenvalue weighted by atomic mass is 16.5. The number of ether oxygens (including phenoxy) is 2. The van der Waals surface area contributed by atoms with Gasteiger partial charge in [0.1, 0.15) is 0 Å². The van der Waals surface area contributed by atoms with Gasteiger partial charge in [0.2, 0.25) is 11.8 Å². The maximum absolute atomic E-state index is 12.3. The van der Waals surface area contributed by atoms with E-state index in [0.29, 0.717) is 24.3 Å². The third-order valence-corrected chi connectivity index (χ3v) is 4.20. The number of carbonyl (C=O) groups is 3. The van der Waals surface area contributed by atoms with Crippen molar-refractivity contribution in [2.75, 3.05) is 31.6 Å². The molecule has 26 heavy (non-hydrogen) atoms. The number of nitrogens with zero attached hydrogens (tertiary/aromatic N) is 1. The standard InChI is InChI=1S/C19H26N2O5/c1-3-25-19(24)16-8-4-5-9-17(16)20-18(23)10-11-21(14(2)22)13-15-7-6-12-26-15/h4-5,8-9,15H,3,6-7,10-13H2,1-2H3,(H,20,23). The first kappa shape index (κ1) is 19.9. The number of para-hydroxylation sites is 1. The number of carbonyl (C=O) groups excluding carboxylic acids is 3. The molecule has 7 nitrogen and oxygen atoms in total. The number of amides is 2. The van der Waals surface area contributed by atoms with Crippen LogP contribution in [0.1, 0.15) is 43.5 Å². The first-order valence-corrected chi connectivity index (χ1v) is 8.94. The Morgan fingerprint density at radius 2 is 2.08 bits per heavy atom. The second-order valence-electron chi connectivity index (χ2n) is 6.16. The van der Waals surface area contributed by atoms with Crippen molar-refractivity contribution in [2.45, 2.75) is 39.2 Å². The number of benzene rings is 1. The van der Waals surface area contributed by atoms with Gasteiger partial charge in [0.15, 0.2) is 0 Å². The predicted octanol–water partition coefficient (Wildman–Crippen LogP) is 2.22. The fourth-order valence-corrected chi connectivity index (χ4v) is 2.84. The molecular formula is C19H26N2O5. The molecule has 2 rings (SSSR count). The molecule has 0 aliphatic carbocycles. The van der Waals surface area contributed by atoms with Gasteiger partial charge >= 0.3 is 5.97 Å². The lowest BCUT2D eigenvalue weighted by atomic mass is 10.1. The lowest BCUT2D eigenvalue weighted by Gasteiger charge is -2.24. The van der Waals surface area contributed by atoms with Crippen LogP contribution in [-0.2, 0) is 19.1 Å². The van der Waals surface area contributed by atoms with Crippen molar-refractivity contribution in [1.82, 2.24) is 4.90 Å². The molecule has 1 heterocycles. The molecule has 7 heteroatoms. The van der Waals surface area contributed by atoms with Gasteiger partial charge in [0.25, 0.3) is 0 Å². The summed E-state index contributed by atoms with van der Waals surface area (Å²) in [7, 11) is 0. The summed E-state index contributed by atoms with van der Waals surface area (Å²) in [4.78, 5) is 37.7. The minimum Gasteiger partial charge on any atom is -0.462 e. The molecule has 1 aromatic rings. The van der Waals surface area contributed by atoms with Gasteiger partial charge in [-0.3, -0.25) is 9.59 Å². The number of rotatable bonds is 8. The summed E-state index contributed by atoms with van der Waals surface area (Å²) in [5, 5.41) is 2.73. The summed E-state index contributed by atoms with van der Waals surface area (Å²) in [5.41, 5.74) is 0.718. The Balaban J connectivity index is 1.91. The molecule has 1 N–H and O–H groups in total. The third-order valence-electron chi connectivity index (χ3n) is 4.20. The van der Waals surface area contributed by atoms with Crippen LogP contribution >= 0.6 is 0 Å². The maximum atomic E-state index is 12.3. The highest BCUT2D eigenvalue weighted by Gasteiger charge is 2.21. The average Bonchev–Trinajstić information content (AvgIpc) is 3.12. The second-order valence-corrected chi connectivity index (χ2v) is 6.16. The van der Waals surface area contributed by atoms with Crippen LogP contribution in [-0.4, -0.2) is 55.1 Å². The summed E-state index contributed by atoms with van der Waals surface area (Å²) in [6, 6.07) is 6.70. The molecular weight excluding hydrogens is 336 g/mol. The Kier molecular flexibility index (Phi) is 7.59. The van der Waals surface area contributed by atoms with Crippen molar-refractivity contribution in [3.8, 4) is 0 Å². The number of nitrogens with one attached hydrogen (secondary N) is 1. The van der Waals surface area contributed by atoms with Crippen molar-refractivity contribution >= 4 is 23.5 Å². The topological polar surface area (TPSA) is 84.9 Å². The van der Waals surface area contributed by atoms with Gasteiger partial charge in [0, 0.05) is 33.0 Å². The van der Waals surface area contributed by atoms with E-state index in [2.05, 4.69) is 5.32 Å². The van der Waals surface area contributed by atoms with Crippen molar-refractivity contribution in [3.05, 3.63) is 29.8 Å². The van der Waals surface area contributed by atoms with E-state index in [0.717, 1.165) is 19.4 Å². The van der Waals surface area contributed by atoms with Crippen molar-refractivity contribution in [3.63, 3.8) is 0 Å². The summed E-state index contributed by atoms with van der Waals surface area (Å²) in [5.74, 6) is -0.826. The van der Waals surface area contributed by atoms with Gasteiger partial charge in [-0.15, -0.1) is 0 Å². The third kappa shape index (κ3) is 5.84. The van der Waals surface area contributed by atoms with Crippen LogP contribution in [0.5, 0.6) is 0 Å². The minimum atomic E-state index is -0.479. The Bertz CT molecular complexity index is 641. The smallest absolute Gasteiger partial charge is 0.340 e. The molecule has 0 spiro atoms. The lowest BCUT2D eigenvalue weighted by molar-refractivity contribution is -0.130. The highest BCUT2D eigenvalue weighted by molar-refractivity contribution is 6.01. The first-order chi connectivity index (χ1) is 12.5. The number of anilines is 1. The molecule has 1 unspecified atom stereocenters. The van der Waals surface area contributed by atoms with Gasteiger partial charge in [-0.2, -0.15) is 0 Å². The van der Waals surface area contributed by atoms with Gasteiger partial charge in [-0.1, -0.05) is 12.1 Å². The summed E-state index contributed by atoms with van der Waals surface area (Å²) in [6.45, 7) is 5.01. The minimum absolute atomic E-state index is 0.0477. The fourth-order valence-electron chi connectivity index (χ4n) is 2.84. The van der Waals surface area contributed by atoms with Crippen molar-refractivity contribution in [1.29, 1.82) is 0 Å². The van der Waals surface area contributed by atoms with Gasteiger partial charge < -0.3 is 19.7 Å². The first-order valence-electron chi connectivity index (χ1n) is 8.94. The van der Waals surface area contributed by atoms with Crippen LogP contribution in [0.3, 0.4) is 0 Å². The Morgan fingerprint density at radius 3 is 2.73 bits per heavy atom. The highest BCUT2D eigenvalue weighted by Crippen LogP contribution is 2.17. The van der Waals surface area contributed by atoms with E-state index in [-0.39, 0.29) is 30.9 Å². The van der Waals surface area contributed by atoms with Crippen LogP contribution in [0.4, 0.5) is 5.69 Å². The molecule has 0 aromatic heterocycles. The summed E-state index contributed by atoms with van der Waals surface area (Å²) < 4.78 is 10.6. The second kappa shape index (κ2) is 9.91. The zero-order valence-corrected chi connectivity index (χ0v) is 15.3. The van der Waals surface area contributed by atoms with Crippen LogP contribution in [0.2, 0.25) is 0 Å². The number of esters is 1. The average molecular weight is 362 g/mol.